The second-order valence-corrected chi connectivity index (χ2v) is 5.73. The summed E-state index contributed by atoms with van der Waals surface area (Å²) in [4.78, 5) is 26.4. The molecule has 0 bridgehead atoms. The molecule has 1 aromatic heterocycles. The fourth-order valence-electron chi connectivity index (χ4n) is 2.94. The number of amides is 1. The minimum Gasteiger partial charge on any atom is -0.466 e. The van der Waals surface area contributed by atoms with Gasteiger partial charge in [-0.25, -0.2) is 0 Å². The number of likely N-dealkylation sites (tertiary alicyclic amines) is 1. The van der Waals surface area contributed by atoms with Crippen molar-refractivity contribution in [3.63, 3.8) is 0 Å². The van der Waals surface area contributed by atoms with Crippen molar-refractivity contribution in [2.24, 2.45) is 5.92 Å². The SMILES string of the molecule is CCOC(=O)[C@H]1CCCN(C(=O)c2n[nH]nc2-c2ccccc2)C1. The molecule has 0 unspecified atom stereocenters. The summed E-state index contributed by atoms with van der Waals surface area (Å²) in [5.74, 6) is -0.718. The highest BCUT2D eigenvalue weighted by molar-refractivity contribution is 5.98. The van der Waals surface area contributed by atoms with Gasteiger partial charge < -0.3 is 9.64 Å². The van der Waals surface area contributed by atoms with Crippen LogP contribution in [0.1, 0.15) is 30.3 Å². The van der Waals surface area contributed by atoms with E-state index in [-0.39, 0.29) is 23.5 Å². The number of aromatic nitrogens is 3. The van der Waals surface area contributed by atoms with Crippen LogP contribution in [0.3, 0.4) is 0 Å². The maximum Gasteiger partial charge on any atom is 0.310 e. The summed E-state index contributed by atoms with van der Waals surface area (Å²) < 4.78 is 5.08. The van der Waals surface area contributed by atoms with Crippen molar-refractivity contribution in [2.75, 3.05) is 19.7 Å². The smallest absolute Gasteiger partial charge is 0.310 e. The number of H-pyrrole nitrogens is 1. The summed E-state index contributed by atoms with van der Waals surface area (Å²) >= 11 is 0. The summed E-state index contributed by atoms with van der Waals surface area (Å²) in [7, 11) is 0. The molecule has 1 amide bonds. The van der Waals surface area contributed by atoms with Crippen molar-refractivity contribution in [2.45, 2.75) is 19.8 Å². The molecule has 1 aliphatic heterocycles. The van der Waals surface area contributed by atoms with E-state index < -0.39 is 0 Å². The molecule has 1 saturated heterocycles. The Morgan fingerprint density at radius 3 is 2.83 bits per heavy atom. The zero-order valence-electron chi connectivity index (χ0n) is 13.6. The van der Waals surface area contributed by atoms with Crippen molar-refractivity contribution in [1.29, 1.82) is 0 Å². The van der Waals surface area contributed by atoms with Crippen LogP contribution in [0.15, 0.2) is 30.3 Å². The van der Waals surface area contributed by atoms with Gasteiger partial charge in [0.1, 0.15) is 5.69 Å². The molecule has 126 valence electrons. The van der Waals surface area contributed by atoms with Gasteiger partial charge in [-0.2, -0.15) is 15.4 Å². The molecule has 0 aliphatic carbocycles. The van der Waals surface area contributed by atoms with E-state index in [0.29, 0.717) is 25.4 Å². The molecule has 3 rings (SSSR count). The Bertz CT molecular complexity index is 714. The highest BCUT2D eigenvalue weighted by atomic mass is 16.5. The predicted molar refractivity (Wildman–Crippen MR) is 87.1 cm³/mol. The van der Waals surface area contributed by atoms with E-state index in [1.807, 2.05) is 30.3 Å². The molecular weight excluding hydrogens is 308 g/mol. The third-order valence-corrected chi connectivity index (χ3v) is 4.13. The van der Waals surface area contributed by atoms with Crippen LogP contribution in [0.5, 0.6) is 0 Å². The maximum absolute atomic E-state index is 12.8. The lowest BCUT2D eigenvalue weighted by Crippen LogP contribution is -2.43. The number of nitrogens with one attached hydrogen (secondary N) is 1. The Balaban J connectivity index is 1.78. The first-order valence-corrected chi connectivity index (χ1v) is 8.12. The van der Waals surface area contributed by atoms with Crippen LogP contribution < -0.4 is 0 Å². The van der Waals surface area contributed by atoms with Crippen LogP contribution in [-0.2, 0) is 9.53 Å². The summed E-state index contributed by atoms with van der Waals surface area (Å²) in [5.41, 5.74) is 1.64. The Kier molecular flexibility index (Phi) is 4.88. The van der Waals surface area contributed by atoms with E-state index in [9.17, 15) is 9.59 Å². The topological polar surface area (TPSA) is 88.2 Å². The molecule has 1 atom stereocenters. The molecule has 7 nitrogen and oxygen atoms in total. The normalized spacial score (nSPS) is 17.5. The van der Waals surface area contributed by atoms with Crippen molar-refractivity contribution in [1.82, 2.24) is 20.3 Å². The van der Waals surface area contributed by atoms with Crippen molar-refractivity contribution in [3.05, 3.63) is 36.0 Å². The van der Waals surface area contributed by atoms with E-state index in [2.05, 4.69) is 15.4 Å². The number of aromatic amines is 1. The van der Waals surface area contributed by atoms with Crippen LogP contribution in [0.2, 0.25) is 0 Å². The highest BCUT2D eigenvalue weighted by Crippen LogP contribution is 2.23. The molecule has 7 heteroatoms. The average Bonchev–Trinajstić information content (AvgIpc) is 3.12. The van der Waals surface area contributed by atoms with Crippen molar-refractivity contribution >= 4 is 11.9 Å². The Morgan fingerprint density at radius 2 is 2.08 bits per heavy atom. The third-order valence-electron chi connectivity index (χ3n) is 4.13. The van der Waals surface area contributed by atoms with Crippen LogP contribution in [-0.4, -0.2) is 51.9 Å². The molecule has 1 fully saturated rings. The van der Waals surface area contributed by atoms with Gasteiger partial charge in [0.15, 0.2) is 5.69 Å². The second-order valence-electron chi connectivity index (χ2n) is 5.73. The van der Waals surface area contributed by atoms with Gasteiger partial charge in [0.2, 0.25) is 0 Å². The molecular formula is C17H20N4O3. The quantitative estimate of drug-likeness (QED) is 0.866. The number of ether oxygens (including phenoxy) is 1. The van der Waals surface area contributed by atoms with Gasteiger partial charge >= 0.3 is 5.97 Å². The average molecular weight is 328 g/mol. The van der Waals surface area contributed by atoms with E-state index in [0.717, 1.165) is 18.4 Å². The number of hydrogen-bond donors (Lipinski definition) is 1. The van der Waals surface area contributed by atoms with Gasteiger partial charge in [0, 0.05) is 18.7 Å². The molecule has 2 aromatic rings. The van der Waals surface area contributed by atoms with Crippen molar-refractivity contribution in [3.8, 4) is 11.3 Å². The summed E-state index contributed by atoms with van der Waals surface area (Å²) in [5, 5.41) is 10.7. The molecule has 2 heterocycles. The lowest BCUT2D eigenvalue weighted by molar-refractivity contribution is -0.149. The number of carbonyl (C=O) groups is 2. The number of piperidine rings is 1. The number of hydrogen-bond acceptors (Lipinski definition) is 5. The Hall–Kier alpha value is -2.70. The number of rotatable bonds is 4. The molecule has 0 saturated carbocycles. The van der Waals surface area contributed by atoms with Crippen LogP contribution in [0, 0.1) is 5.92 Å². The van der Waals surface area contributed by atoms with Crippen LogP contribution >= 0.6 is 0 Å². The van der Waals surface area contributed by atoms with E-state index in [4.69, 9.17) is 4.74 Å². The van der Waals surface area contributed by atoms with Gasteiger partial charge in [0.05, 0.1) is 12.5 Å². The minimum atomic E-state index is -0.269. The number of carbonyl (C=O) groups excluding carboxylic acids is 2. The Labute approximate surface area is 140 Å². The summed E-state index contributed by atoms with van der Waals surface area (Å²) in [6.07, 6.45) is 1.51. The number of esters is 1. The number of benzene rings is 1. The fourth-order valence-corrected chi connectivity index (χ4v) is 2.94. The standard InChI is InChI=1S/C17H20N4O3/c1-2-24-17(23)13-9-6-10-21(11-13)16(22)15-14(18-20-19-15)12-7-4-3-5-8-12/h3-5,7-8,13H,2,6,9-11H2,1H3,(H,18,19,20)/t13-/m0/s1. The molecule has 1 aliphatic rings. The van der Waals surface area contributed by atoms with E-state index in [1.165, 1.54) is 0 Å². The molecule has 24 heavy (non-hydrogen) atoms. The second kappa shape index (κ2) is 7.25. The van der Waals surface area contributed by atoms with Gasteiger partial charge in [-0.3, -0.25) is 9.59 Å². The van der Waals surface area contributed by atoms with Gasteiger partial charge in [-0.1, -0.05) is 30.3 Å². The van der Waals surface area contributed by atoms with Gasteiger partial charge in [-0.05, 0) is 19.8 Å². The third kappa shape index (κ3) is 3.29. The maximum atomic E-state index is 12.8. The minimum absolute atomic E-state index is 0.211. The van der Waals surface area contributed by atoms with Crippen molar-refractivity contribution < 1.29 is 14.3 Å². The number of nitrogens with zero attached hydrogens (tertiary/aromatic N) is 3. The zero-order chi connectivity index (χ0) is 16.9. The fraction of sp³-hybridized carbons (Fsp3) is 0.412. The lowest BCUT2D eigenvalue weighted by Gasteiger charge is -2.31. The van der Waals surface area contributed by atoms with Crippen LogP contribution in [0.4, 0.5) is 0 Å². The van der Waals surface area contributed by atoms with E-state index in [1.54, 1.807) is 11.8 Å². The molecule has 0 spiro atoms. The first-order valence-electron chi connectivity index (χ1n) is 8.12. The molecule has 1 aromatic carbocycles. The molecule has 0 radical (unpaired) electrons. The lowest BCUT2D eigenvalue weighted by atomic mass is 9.97. The zero-order valence-corrected chi connectivity index (χ0v) is 13.6. The van der Waals surface area contributed by atoms with E-state index >= 15 is 0 Å². The van der Waals surface area contributed by atoms with Gasteiger partial charge in [-0.15, -0.1) is 0 Å². The predicted octanol–water partition coefficient (Wildman–Crippen LogP) is 1.89. The van der Waals surface area contributed by atoms with Gasteiger partial charge in [0.25, 0.3) is 5.91 Å². The summed E-state index contributed by atoms with van der Waals surface area (Å²) in [6, 6.07) is 9.43. The highest BCUT2D eigenvalue weighted by Gasteiger charge is 2.32. The Morgan fingerprint density at radius 1 is 1.29 bits per heavy atom. The largest absolute Gasteiger partial charge is 0.466 e. The summed E-state index contributed by atoms with van der Waals surface area (Å²) in [6.45, 7) is 3.10. The van der Waals surface area contributed by atoms with Crippen LogP contribution in [0.25, 0.3) is 11.3 Å². The first kappa shape index (κ1) is 16.2. The first-order chi connectivity index (χ1) is 11.7. The molecule has 1 N–H and O–H groups in total. The monoisotopic (exact) mass is 328 g/mol.